The van der Waals surface area contributed by atoms with E-state index in [2.05, 4.69) is 20.1 Å². The van der Waals surface area contributed by atoms with E-state index in [1.165, 1.54) is 50.3 Å². The molecule has 0 aliphatic carbocycles. The third-order valence-corrected chi connectivity index (χ3v) is 3.81. The number of aromatic nitrogens is 3. The molecule has 1 atom stereocenters. The SMILES string of the molecule is C1CCC(CCc2nnc3n2CCC3)NC1. The summed E-state index contributed by atoms with van der Waals surface area (Å²) in [5.41, 5.74) is 0. The Kier molecular flexibility index (Phi) is 2.91. The van der Waals surface area contributed by atoms with Gasteiger partial charge in [-0.15, -0.1) is 10.2 Å². The molecule has 1 unspecified atom stereocenters. The Morgan fingerprint density at radius 2 is 2.25 bits per heavy atom. The summed E-state index contributed by atoms with van der Waals surface area (Å²) in [7, 11) is 0. The molecule has 1 aromatic rings. The molecule has 88 valence electrons. The van der Waals surface area contributed by atoms with Gasteiger partial charge in [0.1, 0.15) is 11.6 Å². The molecule has 3 rings (SSSR count). The van der Waals surface area contributed by atoms with Gasteiger partial charge in [-0.05, 0) is 32.2 Å². The number of nitrogens with one attached hydrogen (secondary N) is 1. The van der Waals surface area contributed by atoms with Crippen molar-refractivity contribution in [2.75, 3.05) is 6.54 Å². The summed E-state index contributed by atoms with van der Waals surface area (Å²) in [6.07, 6.45) is 8.74. The van der Waals surface area contributed by atoms with Gasteiger partial charge in [-0.2, -0.15) is 0 Å². The molecule has 0 bridgehead atoms. The van der Waals surface area contributed by atoms with Gasteiger partial charge in [0.2, 0.25) is 0 Å². The van der Waals surface area contributed by atoms with E-state index in [9.17, 15) is 0 Å². The molecule has 1 aromatic heterocycles. The van der Waals surface area contributed by atoms with E-state index in [-0.39, 0.29) is 0 Å². The van der Waals surface area contributed by atoms with Crippen molar-refractivity contribution in [1.82, 2.24) is 20.1 Å². The summed E-state index contributed by atoms with van der Waals surface area (Å²) in [5, 5.41) is 12.2. The van der Waals surface area contributed by atoms with E-state index in [0.29, 0.717) is 6.04 Å². The van der Waals surface area contributed by atoms with E-state index in [1.54, 1.807) is 0 Å². The Bertz CT molecular complexity index is 352. The summed E-state index contributed by atoms with van der Waals surface area (Å²) < 4.78 is 2.32. The van der Waals surface area contributed by atoms with Crippen LogP contribution in [0.4, 0.5) is 0 Å². The summed E-state index contributed by atoms with van der Waals surface area (Å²) in [6.45, 7) is 2.33. The predicted molar refractivity (Wildman–Crippen MR) is 62.3 cm³/mol. The van der Waals surface area contributed by atoms with Gasteiger partial charge in [-0.3, -0.25) is 0 Å². The number of fused-ring (bicyclic) bond motifs is 1. The second-order valence-corrected chi connectivity index (χ2v) is 4.97. The standard InChI is InChI=1S/C12H20N4/c1-2-8-13-10(4-1)6-7-12-15-14-11-5-3-9-16(11)12/h10,13H,1-9H2. The molecule has 4 heteroatoms. The molecule has 0 amide bonds. The molecule has 0 saturated carbocycles. The van der Waals surface area contributed by atoms with Gasteiger partial charge in [0.25, 0.3) is 0 Å². The Morgan fingerprint density at radius 1 is 1.25 bits per heavy atom. The fourth-order valence-electron chi connectivity index (χ4n) is 2.87. The third kappa shape index (κ3) is 1.98. The maximum atomic E-state index is 4.31. The molecule has 0 aromatic carbocycles. The molecule has 3 heterocycles. The molecular formula is C12H20N4. The minimum absolute atomic E-state index is 0.711. The van der Waals surface area contributed by atoms with Crippen LogP contribution < -0.4 is 5.32 Å². The van der Waals surface area contributed by atoms with E-state index in [0.717, 1.165) is 19.4 Å². The number of hydrogen-bond donors (Lipinski definition) is 1. The van der Waals surface area contributed by atoms with Crippen molar-refractivity contribution >= 4 is 0 Å². The highest BCUT2D eigenvalue weighted by atomic mass is 15.3. The van der Waals surface area contributed by atoms with E-state index >= 15 is 0 Å². The molecule has 1 saturated heterocycles. The monoisotopic (exact) mass is 220 g/mol. The Labute approximate surface area is 96.4 Å². The maximum Gasteiger partial charge on any atom is 0.133 e. The van der Waals surface area contributed by atoms with E-state index < -0.39 is 0 Å². The van der Waals surface area contributed by atoms with Gasteiger partial charge in [0.05, 0.1) is 0 Å². The van der Waals surface area contributed by atoms with Crippen LogP contribution >= 0.6 is 0 Å². The summed E-state index contributed by atoms with van der Waals surface area (Å²) in [6, 6.07) is 0.711. The fraction of sp³-hybridized carbons (Fsp3) is 0.833. The Morgan fingerprint density at radius 3 is 3.12 bits per heavy atom. The zero-order chi connectivity index (χ0) is 10.8. The first-order chi connectivity index (χ1) is 7.93. The zero-order valence-corrected chi connectivity index (χ0v) is 9.78. The normalized spacial score (nSPS) is 24.6. The molecule has 2 aliphatic rings. The van der Waals surface area contributed by atoms with Crippen molar-refractivity contribution in [3.63, 3.8) is 0 Å². The van der Waals surface area contributed by atoms with Gasteiger partial charge >= 0.3 is 0 Å². The number of aryl methyl sites for hydroxylation is 2. The van der Waals surface area contributed by atoms with Crippen molar-refractivity contribution in [1.29, 1.82) is 0 Å². The lowest BCUT2D eigenvalue weighted by atomic mass is 10.0. The van der Waals surface area contributed by atoms with Crippen LogP contribution in [-0.2, 0) is 19.4 Å². The molecule has 1 N–H and O–H groups in total. The molecule has 1 fully saturated rings. The maximum absolute atomic E-state index is 4.31. The lowest BCUT2D eigenvalue weighted by molar-refractivity contribution is 0.379. The van der Waals surface area contributed by atoms with Gasteiger partial charge < -0.3 is 9.88 Å². The van der Waals surface area contributed by atoms with Crippen LogP contribution in [0.1, 0.15) is 43.8 Å². The first kappa shape index (κ1) is 10.3. The minimum atomic E-state index is 0.711. The predicted octanol–water partition coefficient (Wildman–Crippen LogP) is 1.30. The topological polar surface area (TPSA) is 42.7 Å². The highest BCUT2D eigenvalue weighted by molar-refractivity contribution is 5.01. The third-order valence-electron chi connectivity index (χ3n) is 3.81. The fourth-order valence-corrected chi connectivity index (χ4v) is 2.87. The van der Waals surface area contributed by atoms with E-state index in [4.69, 9.17) is 0 Å². The van der Waals surface area contributed by atoms with Gasteiger partial charge in [0.15, 0.2) is 0 Å². The Hall–Kier alpha value is -0.900. The average molecular weight is 220 g/mol. The van der Waals surface area contributed by atoms with Crippen molar-refractivity contribution in [2.24, 2.45) is 0 Å². The summed E-state index contributed by atoms with van der Waals surface area (Å²) in [4.78, 5) is 0. The second-order valence-electron chi connectivity index (χ2n) is 4.97. The first-order valence-corrected chi connectivity index (χ1v) is 6.58. The lowest BCUT2D eigenvalue weighted by Gasteiger charge is -2.23. The number of rotatable bonds is 3. The van der Waals surface area contributed by atoms with Crippen LogP contribution in [0.5, 0.6) is 0 Å². The number of nitrogens with zero attached hydrogens (tertiary/aromatic N) is 3. The van der Waals surface area contributed by atoms with Gasteiger partial charge in [0, 0.05) is 25.4 Å². The molecule has 16 heavy (non-hydrogen) atoms. The summed E-state index contributed by atoms with van der Waals surface area (Å²) in [5.74, 6) is 2.41. The smallest absolute Gasteiger partial charge is 0.133 e. The minimum Gasteiger partial charge on any atom is -0.315 e. The zero-order valence-electron chi connectivity index (χ0n) is 9.78. The van der Waals surface area contributed by atoms with Crippen LogP contribution in [0.25, 0.3) is 0 Å². The molecule has 0 spiro atoms. The van der Waals surface area contributed by atoms with Crippen molar-refractivity contribution in [3.8, 4) is 0 Å². The van der Waals surface area contributed by atoms with Crippen LogP contribution in [0, 0.1) is 0 Å². The largest absolute Gasteiger partial charge is 0.315 e. The Balaban J connectivity index is 1.57. The molecule has 2 aliphatic heterocycles. The van der Waals surface area contributed by atoms with Crippen molar-refractivity contribution in [2.45, 2.75) is 57.5 Å². The van der Waals surface area contributed by atoms with Crippen LogP contribution in [0.15, 0.2) is 0 Å². The second kappa shape index (κ2) is 4.53. The van der Waals surface area contributed by atoms with Crippen molar-refractivity contribution in [3.05, 3.63) is 11.6 Å². The van der Waals surface area contributed by atoms with Crippen LogP contribution in [-0.4, -0.2) is 27.4 Å². The lowest BCUT2D eigenvalue weighted by Crippen LogP contribution is -2.34. The van der Waals surface area contributed by atoms with Crippen LogP contribution in [0.2, 0.25) is 0 Å². The van der Waals surface area contributed by atoms with E-state index in [1.807, 2.05) is 0 Å². The molecular weight excluding hydrogens is 200 g/mol. The number of hydrogen-bond acceptors (Lipinski definition) is 3. The van der Waals surface area contributed by atoms with Gasteiger partial charge in [-0.1, -0.05) is 6.42 Å². The quantitative estimate of drug-likeness (QED) is 0.835. The summed E-state index contributed by atoms with van der Waals surface area (Å²) >= 11 is 0. The molecule has 4 nitrogen and oxygen atoms in total. The first-order valence-electron chi connectivity index (χ1n) is 6.58. The van der Waals surface area contributed by atoms with Crippen LogP contribution in [0.3, 0.4) is 0 Å². The van der Waals surface area contributed by atoms with Crippen molar-refractivity contribution < 1.29 is 0 Å². The molecule has 0 radical (unpaired) electrons. The highest BCUT2D eigenvalue weighted by Gasteiger charge is 2.18. The average Bonchev–Trinajstić information content (AvgIpc) is 2.90. The highest BCUT2D eigenvalue weighted by Crippen LogP contribution is 2.17. The number of piperidine rings is 1. The van der Waals surface area contributed by atoms with Gasteiger partial charge in [-0.25, -0.2) is 0 Å².